The molecule has 1 aromatic heterocycles. The quantitative estimate of drug-likeness (QED) is 0.821. The van der Waals surface area contributed by atoms with Gasteiger partial charge in [-0.25, -0.2) is 0 Å². The van der Waals surface area contributed by atoms with E-state index in [1.165, 1.54) is 0 Å². The first-order valence-electron chi connectivity index (χ1n) is 5.09. The second-order valence-electron chi connectivity index (χ2n) is 3.82. The van der Waals surface area contributed by atoms with E-state index in [9.17, 15) is 9.90 Å². The number of nitrogens with one attached hydrogen (secondary N) is 1. The third-order valence-corrected chi connectivity index (χ3v) is 3.32. The number of rotatable bonds is 2. The minimum absolute atomic E-state index is 0.211. The Morgan fingerprint density at radius 2 is 2.24 bits per heavy atom. The Morgan fingerprint density at radius 1 is 1.47 bits per heavy atom. The van der Waals surface area contributed by atoms with E-state index in [1.54, 1.807) is 22.6 Å². The van der Waals surface area contributed by atoms with Crippen molar-refractivity contribution in [2.75, 3.05) is 0 Å². The summed E-state index contributed by atoms with van der Waals surface area (Å²) in [6.07, 6.45) is 0.501. The number of hydrogen-bond acceptors (Lipinski definition) is 3. The molecule has 0 saturated heterocycles. The molecule has 0 aliphatic heterocycles. The first-order chi connectivity index (χ1) is 8.06. The van der Waals surface area contributed by atoms with Crippen LogP contribution in [-0.4, -0.2) is 15.1 Å². The number of aromatic nitrogens is 2. The van der Waals surface area contributed by atoms with Gasteiger partial charge in [-0.3, -0.25) is 4.79 Å². The SMILES string of the molecule is Cc1cccc(Cc2nc(O)c(I)c(=O)[nH]2)c1. The number of benzene rings is 1. The van der Waals surface area contributed by atoms with E-state index in [0.717, 1.165) is 11.1 Å². The van der Waals surface area contributed by atoms with Crippen LogP contribution in [0.5, 0.6) is 5.88 Å². The molecule has 17 heavy (non-hydrogen) atoms. The van der Waals surface area contributed by atoms with Gasteiger partial charge in [0.25, 0.3) is 5.56 Å². The minimum atomic E-state index is -0.305. The zero-order chi connectivity index (χ0) is 12.4. The maximum atomic E-state index is 11.5. The van der Waals surface area contributed by atoms with Gasteiger partial charge in [0.2, 0.25) is 5.88 Å². The topological polar surface area (TPSA) is 66.0 Å². The number of H-pyrrole nitrogens is 1. The zero-order valence-corrected chi connectivity index (χ0v) is 11.4. The standard InChI is InChI=1S/C12H11IN2O2/c1-7-3-2-4-8(5-7)6-9-14-11(16)10(13)12(17)15-9/h2-5H,6H2,1H3,(H2,14,15,16,17). The van der Waals surface area contributed by atoms with Crippen molar-refractivity contribution in [3.8, 4) is 5.88 Å². The Balaban J connectivity index is 2.34. The highest BCUT2D eigenvalue weighted by molar-refractivity contribution is 14.1. The fourth-order valence-electron chi connectivity index (χ4n) is 1.59. The molecule has 0 fully saturated rings. The van der Waals surface area contributed by atoms with Gasteiger partial charge in [-0.15, -0.1) is 0 Å². The molecular formula is C12H11IN2O2. The van der Waals surface area contributed by atoms with Crippen LogP contribution >= 0.6 is 22.6 Å². The predicted octanol–water partition coefficient (Wildman–Crippen LogP) is 1.98. The van der Waals surface area contributed by atoms with Gasteiger partial charge in [0.05, 0.1) is 0 Å². The first-order valence-corrected chi connectivity index (χ1v) is 6.17. The van der Waals surface area contributed by atoms with Gasteiger partial charge in [-0.1, -0.05) is 29.8 Å². The summed E-state index contributed by atoms with van der Waals surface area (Å²) in [4.78, 5) is 18.1. The van der Waals surface area contributed by atoms with E-state index in [-0.39, 0.29) is 15.0 Å². The molecule has 2 rings (SSSR count). The van der Waals surface area contributed by atoms with Crippen LogP contribution in [0.1, 0.15) is 17.0 Å². The molecule has 4 nitrogen and oxygen atoms in total. The third kappa shape index (κ3) is 2.85. The molecule has 0 aliphatic carbocycles. The second kappa shape index (κ2) is 4.87. The van der Waals surface area contributed by atoms with E-state index in [0.29, 0.717) is 12.2 Å². The van der Waals surface area contributed by atoms with Gasteiger partial charge >= 0.3 is 0 Å². The maximum absolute atomic E-state index is 11.5. The van der Waals surface area contributed by atoms with Gasteiger partial charge < -0.3 is 10.1 Å². The molecule has 0 unspecified atom stereocenters. The fourth-order valence-corrected chi connectivity index (χ4v) is 1.85. The molecule has 88 valence electrons. The van der Waals surface area contributed by atoms with Crippen molar-refractivity contribution in [3.05, 3.63) is 55.1 Å². The molecule has 2 aromatic rings. The van der Waals surface area contributed by atoms with Gasteiger partial charge in [0, 0.05) is 6.42 Å². The molecule has 2 N–H and O–H groups in total. The lowest BCUT2D eigenvalue weighted by atomic mass is 10.1. The summed E-state index contributed by atoms with van der Waals surface area (Å²) in [5.74, 6) is 0.260. The van der Waals surface area contributed by atoms with Crippen LogP contribution in [-0.2, 0) is 6.42 Å². The van der Waals surface area contributed by atoms with Crippen molar-refractivity contribution in [1.82, 2.24) is 9.97 Å². The van der Waals surface area contributed by atoms with Crippen LogP contribution in [0, 0.1) is 10.5 Å². The van der Waals surface area contributed by atoms with E-state index >= 15 is 0 Å². The van der Waals surface area contributed by atoms with Crippen molar-refractivity contribution in [2.45, 2.75) is 13.3 Å². The molecule has 0 saturated carbocycles. The number of nitrogens with zero attached hydrogens (tertiary/aromatic N) is 1. The van der Waals surface area contributed by atoms with Crippen LogP contribution < -0.4 is 5.56 Å². The van der Waals surface area contributed by atoms with E-state index in [1.807, 2.05) is 31.2 Å². The number of aromatic hydroxyl groups is 1. The Kier molecular flexibility index (Phi) is 3.46. The van der Waals surface area contributed by atoms with Crippen molar-refractivity contribution >= 4 is 22.6 Å². The highest BCUT2D eigenvalue weighted by Crippen LogP contribution is 2.13. The van der Waals surface area contributed by atoms with Crippen LogP contribution in [0.3, 0.4) is 0 Å². The molecule has 0 spiro atoms. The number of halogens is 1. The average molecular weight is 342 g/mol. The van der Waals surface area contributed by atoms with Gasteiger partial charge in [0.15, 0.2) is 0 Å². The molecule has 0 radical (unpaired) electrons. The first kappa shape index (κ1) is 12.1. The second-order valence-corrected chi connectivity index (χ2v) is 4.89. The normalized spacial score (nSPS) is 10.5. The summed E-state index contributed by atoms with van der Waals surface area (Å²) < 4.78 is 0.218. The van der Waals surface area contributed by atoms with Crippen molar-refractivity contribution in [3.63, 3.8) is 0 Å². The van der Waals surface area contributed by atoms with Crippen molar-refractivity contribution in [2.24, 2.45) is 0 Å². The van der Waals surface area contributed by atoms with Crippen LogP contribution in [0.15, 0.2) is 29.1 Å². The molecule has 0 bridgehead atoms. The van der Waals surface area contributed by atoms with E-state index in [4.69, 9.17) is 0 Å². The average Bonchev–Trinajstić information content (AvgIpc) is 2.26. The highest BCUT2D eigenvalue weighted by atomic mass is 127. The summed E-state index contributed by atoms with van der Waals surface area (Å²) in [6.45, 7) is 2.01. The largest absolute Gasteiger partial charge is 0.492 e. The molecule has 5 heteroatoms. The van der Waals surface area contributed by atoms with Crippen molar-refractivity contribution < 1.29 is 5.11 Å². The summed E-state index contributed by atoms with van der Waals surface area (Å²) >= 11 is 1.77. The Bertz CT molecular complexity index is 608. The van der Waals surface area contributed by atoms with Gasteiger partial charge in [-0.2, -0.15) is 4.98 Å². The summed E-state index contributed by atoms with van der Waals surface area (Å²) in [5.41, 5.74) is 1.90. The Labute approximate surface area is 112 Å². The minimum Gasteiger partial charge on any atom is -0.492 e. The number of hydrogen-bond donors (Lipinski definition) is 2. The molecule has 1 heterocycles. The Hall–Kier alpha value is -1.37. The monoisotopic (exact) mass is 342 g/mol. The summed E-state index contributed by atoms with van der Waals surface area (Å²) in [7, 11) is 0. The Morgan fingerprint density at radius 3 is 2.88 bits per heavy atom. The number of aromatic amines is 1. The number of aryl methyl sites for hydroxylation is 1. The van der Waals surface area contributed by atoms with Gasteiger partial charge in [0.1, 0.15) is 9.39 Å². The molecular weight excluding hydrogens is 331 g/mol. The maximum Gasteiger partial charge on any atom is 0.268 e. The molecule has 0 aliphatic rings. The van der Waals surface area contributed by atoms with E-state index in [2.05, 4.69) is 9.97 Å². The van der Waals surface area contributed by atoms with Crippen LogP contribution in [0.25, 0.3) is 0 Å². The molecule has 1 aromatic carbocycles. The van der Waals surface area contributed by atoms with Crippen LogP contribution in [0.2, 0.25) is 0 Å². The van der Waals surface area contributed by atoms with Crippen molar-refractivity contribution in [1.29, 1.82) is 0 Å². The zero-order valence-electron chi connectivity index (χ0n) is 9.20. The molecule has 0 amide bonds. The molecule has 0 atom stereocenters. The van der Waals surface area contributed by atoms with E-state index < -0.39 is 0 Å². The smallest absolute Gasteiger partial charge is 0.268 e. The predicted molar refractivity (Wildman–Crippen MR) is 73.2 cm³/mol. The highest BCUT2D eigenvalue weighted by Gasteiger charge is 2.07. The van der Waals surface area contributed by atoms with Crippen LogP contribution in [0.4, 0.5) is 0 Å². The summed E-state index contributed by atoms with van der Waals surface area (Å²) in [5, 5.41) is 9.47. The lowest BCUT2D eigenvalue weighted by Gasteiger charge is -2.03. The fraction of sp³-hybridized carbons (Fsp3) is 0.167. The lowest BCUT2D eigenvalue weighted by Crippen LogP contribution is -2.14. The third-order valence-electron chi connectivity index (χ3n) is 2.35. The summed E-state index contributed by atoms with van der Waals surface area (Å²) in [6, 6.07) is 7.94. The lowest BCUT2D eigenvalue weighted by molar-refractivity contribution is 0.443. The van der Waals surface area contributed by atoms with Gasteiger partial charge in [-0.05, 0) is 35.1 Å².